The van der Waals surface area contributed by atoms with Gasteiger partial charge in [-0.25, -0.2) is 4.98 Å². The minimum atomic E-state index is -0.136. The summed E-state index contributed by atoms with van der Waals surface area (Å²) in [6, 6.07) is 17.9. The summed E-state index contributed by atoms with van der Waals surface area (Å²) in [5.41, 5.74) is 2.24. The molecule has 1 unspecified atom stereocenters. The summed E-state index contributed by atoms with van der Waals surface area (Å²) in [6.07, 6.45) is 0.885. The molecule has 1 N–H and O–H groups in total. The molecule has 0 saturated carbocycles. The first-order valence-corrected chi connectivity index (χ1v) is 8.85. The Kier molecular flexibility index (Phi) is 4.95. The number of carbonyl (C=O) groups is 1. The van der Waals surface area contributed by atoms with Gasteiger partial charge in [-0.2, -0.15) is 0 Å². The predicted molar refractivity (Wildman–Crippen MR) is 102 cm³/mol. The van der Waals surface area contributed by atoms with Gasteiger partial charge in [0, 0.05) is 21.5 Å². The van der Waals surface area contributed by atoms with Crippen LogP contribution in [0.3, 0.4) is 0 Å². The van der Waals surface area contributed by atoms with Crippen molar-refractivity contribution in [1.82, 2.24) is 10.3 Å². The molecule has 0 bridgehead atoms. The molecule has 24 heavy (non-hydrogen) atoms. The predicted octanol–water partition coefficient (Wildman–Crippen LogP) is 5.19. The van der Waals surface area contributed by atoms with Gasteiger partial charge in [-0.1, -0.05) is 65.3 Å². The molecule has 3 aromatic rings. The van der Waals surface area contributed by atoms with Crippen LogP contribution in [0, 0.1) is 0 Å². The average Bonchev–Trinajstić information content (AvgIpc) is 2.61. The molecule has 3 nitrogen and oxygen atoms in total. The van der Waals surface area contributed by atoms with E-state index in [-0.39, 0.29) is 11.9 Å². The van der Waals surface area contributed by atoms with Crippen LogP contribution >= 0.6 is 15.9 Å². The number of fused-ring (bicyclic) bond motifs is 1. The molecular weight excluding hydrogens is 364 g/mol. The van der Waals surface area contributed by atoms with E-state index < -0.39 is 0 Å². The van der Waals surface area contributed by atoms with Gasteiger partial charge >= 0.3 is 0 Å². The molecule has 4 heteroatoms. The van der Waals surface area contributed by atoms with E-state index in [0.29, 0.717) is 5.69 Å². The number of carbonyl (C=O) groups excluding carboxylic acids is 1. The van der Waals surface area contributed by atoms with Crippen molar-refractivity contribution in [2.45, 2.75) is 26.3 Å². The van der Waals surface area contributed by atoms with Gasteiger partial charge in [0.1, 0.15) is 5.69 Å². The summed E-state index contributed by atoms with van der Waals surface area (Å²) < 4.78 is 0.960. The van der Waals surface area contributed by atoms with E-state index in [4.69, 9.17) is 0 Å². The number of amides is 1. The highest BCUT2D eigenvalue weighted by molar-refractivity contribution is 9.10. The molecule has 1 atom stereocenters. The summed E-state index contributed by atoms with van der Waals surface area (Å²) in [6.45, 7) is 4.04. The van der Waals surface area contributed by atoms with Crippen LogP contribution in [0.2, 0.25) is 0 Å². The Morgan fingerprint density at radius 2 is 1.88 bits per heavy atom. The fourth-order valence-electron chi connectivity index (χ4n) is 2.57. The lowest BCUT2D eigenvalue weighted by molar-refractivity contribution is 0.0934. The SMILES string of the molecule is CCC(C)NC(=O)c1cc2ccccc2c(-c2ccccc2Br)n1. The van der Waals surface area contributed by atoms with Gasteiger partial charge in [0.25, 0.3) is 5.91 Å². The van der Waals surface area contributed by atoms with E-state index in [1.807, 2.05) is 68.4 Å². The minimum absolute atomic E-state index is 0.123. The van der Waals surface area contributed by atoms with Gasteiger partial charge in [0.2, 0.25) is 0 Å². The van der Waals surface area contributed by atoms with E-state index in [1.165, 1.54) is 0 Å². The maximum Gasteiger partial charge on any atom is 0.270 e. The van der Waals surface area contributed by atoms with Crippen LogP contribution < -0.4 is 5.32 Å². The van der Waals surface area contributed by atoms with Crippen molar-refractivity contribution in [3.05, 3.63) is 64.8 Å². The molecule has 3 rings (SSSR count). The number of nitrogens with one attached hydrogen (secondary N) is 1. The van der Waals surface area contributed by atoms with Crippen LogP contribution in [0.5, 0.6) is 0 Å². The summed E-state index contributed by atoms with van der Waals surface area (Å²) in [4.78, 5) is 17.2. The molecule has 1 aromatic heterocycles. The van der Waals surface area contributed by atoms with Crippen LogP contribution in [0.25, 0.3) is 22.0 Å². The highest BCUT2D eigenvalue weighted by atomic mass is 79.9. The van der Waals surface area contributed by atoms with E-state index in [0.717, 1.165) is 32.9 Å². The standard InChI is InChI=1S/C20H19BrN2O/c1-3-13(2)22-20(24)18-12-14-8-4-5-9-15(14)19(23-18)16-10-6-7-11-17(16)21/h4-13H,3H2,1-2H3,(H,22,24). The second-order valence-corrected chi connectivity index (χ2v) is 6.69. The fraction of sp³-hybridized carbons (Fsp3) is 0.200. The lowest BCUT2D eigenvalue weighted by atomic mass is 10.0. The maximum absolute atomic E-state index is 12.5. The minimum Gasteiger partial charge on any atom is -0.348 e. The molecule has 2 aromatic carbocycles. The third-order valence-corrected chi connectivity index (χ3v) is 4.78. The number of hydrogen-bond acceptors (Lipinski definition) is 2. The third kappa shape index (κ3) is 3.34. The topological polar surface area (TPSA) is 42.0 Å². The van der Waals surface area contributed by atoms with E-state index in [2.05, 4.69) is 26.2 Å². The lowest BCUT2D eigenvalue weighted by Gasteiger charge is -2.14. The van der Waals surface area contributed by atoms with Gasteiger partial charge in [-0.3, -0.25) is 4.79 Å². The van der Waals surface area contributed by atoms with Gasteiger partial charge in [-0.05, 0) is 30.9 Å². The Labute approximate surface area is 150 Å². The molecule has 0 radical (unpaired) electrons. The molecule has 0 fully saturated rings. The molecule has 122 valence electrons. The first-order chi connectivity index (χ1) is 11.6. The zero-order valence-electron chi connectivity index (χ0n) is 13.7. The van der Waals surface area contributed by atoms with Crippen LogP contribution in [0.15, 0.2) is 59.1 Å². The second kappa shape index (κ2) is 7.14. The van der Waals surface area contributed by atoms with Crippen molar-refractivity contribution < 1.29 is 4.79 Å². The summed E-state index contributed by atoms with van der Waals surface area (Å²) in [5.74, 6) is -0.136. The number of halogens is 1. The molecule has 1 amide bonds. The number of hydrogen-bond donors (Lipinski definition) is 1. The van der Waals surface area contributed by atoms with Crippen molar-refractivity contribution in [1.29, 1.82) is 0 Å². The van der Waals surface area contributed by atoms with Crippen LogP contribution in [-0.4, -0.2) is 16.9 Å². The van der Waals surface area contributed by atoms with E-state index >= 15 is 0 Å². The molecule has 0 aliphatic heterocycles. The zero-order valence-corrected chi connectivity index (χ0v) is 15.3. The number of rotatable bonds is 4. The smallest absolute Gasteiger partial charge is 0.270 e. The summed E-state index contributed by atoms with van der Waals surface area (Å²) in [7, 11) is 0. The number of pyridine rings is 1. The van der Waals surface area contributed by atoms with Crippen LogP contribution in [0.1, 0.15) is 30.8 Å². The van der Waals surface area contributed by atoms with E-state index in [1.54, 1.807) is 0 Å². The van der Waals surface area contributed by atoms with Crippen LogP contribution in [0.4, 0.5) is 0 Å². The molecule has 0 saturated heterocycles. The van der Waals surface area contributed by atoms with Crippen molar-refractivity contribution >= 4 is 32.6 Å². The lowest BCUT2D eigenvalue weighted by Crippen LogP contribution is -2.32. The Bertz CT molecular complexity index is 892. The number of nitrogens with zero attached hydrogens (tertiary/aromatic N) is 1. The number of benzene rings is 2. The molecule has 0 aliphatic carbocycles. The largest absolute Gasteiger partial charge is 0.348 e. The quantitative estimate of drug-likeness (QED) is 0.674. The Balaban J connectivity index is 2.17. The van der Waals surface area contributed by atoms with Gasteiger partial charge in [0.05, 0.1) is 5.69 Å². The molecule has 1 heterocycles. The first-order valence-electron chi connectivity index (χ1n) is 8.05. The average molecular weight is 383 g/mol. The Morgan fingerprint density at radius 3 is 2.62 bits per heavy atom. The normalized spacial score (nSPS) is 12.1. The fourth-order valence-corrected chi connectivity index (χ4v) is 3.05. The second-order valence-electron chi connectivity index (χ2n) is 5.84. The van der Waals surface area contributed by atoms with Crippen molar-refractivity contribution in [2.75, 3.05) is 0 Å². The molecular formula is C20H19BrN2O. The number of aromatic nitrogens is 1. The highest BCUT2D eigenvalue weighted by Gasteiger charge is 2.15. The Morgan fingerprint density at radius 1 is 1.17 bits per heavy atom. The van der Waals surface area contributed by atoms with Crippen molar-refractivity contribution in [3.63, 3.8) is 0 Å². The maximum atomic E-state index is 12.5. The van der Waals surface area contributed by atoms with Crippen molar-refractivity contribution in [3.8, 4) is 11.3 Å². The van der Waals surface area contributed by atoms with Crippen molar-refractivity contribution in [2.24, 2.45) is 0 Å². The summed E-state index contributed by atoms with van der Waals surface area (Å²) >= 11 is 3.59. The van der Waals surface area contributed by atoms with Gasteiger partial charge in [0.15, 0.2) is 0 Å². The summed E-state index contributed by atoms with van der Waals surface area (Å²) in [5, 5.41) is 5.03. The monoisotopic (exact) mass is 382 g/mol. The molecule has 0 aliphatic rings. The zero-order chi connectivity index (χ0) is 17.1. The first kappa shape index (κ1) is 16.7. The highest BCUT2D eigenvalue weighted by Crippen LogP contribution is 2.32. The Hall–Kier alpha value is -2.20. The van der Waals surface area contributed by atoms with Crippen LogP contribution in [-0.2, 0) is 0 Å². The third-order valence-electron chi connectivity index (χ3n) is 4.09. The van der Waals surface area contributed by atoms with E-state index in [9.17, 15) is 4.79 Å². The van der Waals surface area contributed by atoms with Gasteiger partial charge < -0.3 is 5.32 Å². The molecule has 0 spiro atoms. The van der Waals surface area contributed by atoms with Gasteiger partial charge in [-0.15, -0.1) is 0 Å².